The molecule has 0 atom stereocenters. The molecule has 0 N–H and O–H groups in total. The molecule has 96 valence electrons. The Labute approximate surface area is 112 Å². The molecule has 0 saturated carbocycles. The molecule has 2 heterocycles. The molecule has 0 aliphatic rings. The molecule has 0 aromatic carbocycles. The Balaban J connectivity index is 2.17. The van der Waals surface area contributed by atoms with E-state index in [1.807, 2.05) is 19.9 Å². The van der Waals surface area contributed by atoms with Crippen LogP contribution in [0.5, 0.6) is 0 Å². The van der Waals surface area contributed by atoms with Crippen LogP contribution in [0, 0.1) is 13.8 Å². The average molecular weight is 262 g/mol. The maximum Gasteiger partial charge on any atom is 0.141 e. The number of hydrogen-bond acceptors (Lipinski definition) is 4. The van der Waals surface area contributed by atoms with Gasteiger partial charge in [-0.3, -0.25) is 0 Å². The molecule has 0 unspecified atom stereocenters. The van der Waals surface area contributed by atoms with Crippen LogP contribution < -0.4 is 0 Å². The minimum absolute atomic E-state index is 0.880. The predicted octanol–water partition coefficient (Wildman–Crippen LogP) is 4.26. The van der Waals surface area contributed by atoms with E-state index in [9.17, 15) is 0 Å². The zero-order chi connectivity index (χ0) is 13.0. The highest BCUT2D eigenvalue weighted by Crippen LogP contribution is 2.20. The lowest BCUT2D eigenvalue weighted by Crippen LogP contribution is -1.88. The Kier molecular flexibility index (Phi) is 4.31. The van der Waals surface area contributed by atoms with Crippen LogP contribution in [0.25, 0.3) is 12.2 Å². The van der Waals surface area contributed by atoms with Gasteiger partial charge >= 0.3 is 0 Å². The van der Waals surface area contributed by atoms with E-state index in [4.69, 9.17) is 4.52 Å². The summed E-state index contributed by atoms with van der Waals surface area (Å²) in [5, 5.41) is 7.20. The third-order valence-electron chi connectivity index (χ3n) is 2.78. The van der Waals surface area contributed by atoms with Crippen LogP contribution in [0.1, 0.15) is 47.5 Å². The van der Waals surface area contributed by atoms with Crippen molar-refractivity contribution in [2.24, 2.45) is 0 Å². The molecule has 0 radical (unpaired) electrons. The van der Waals surface area contributed by atoms with Gasteiger partial charge in [-0.2, -0.15) is 0 Å². The lowest BCUT2D eigenvalue weighted by molar-refractivity contribution is 0.389. The first-order chi connectivity index (χ1) is 8.70. The Morgan fingerprint density at radius 1 is 1.33 bits per heavy atom. The van der Waals surface area contributed by atoms with Gasteiger partial charge in [0.1, 0.15) is 10.8 Å². The van der Waals surface area contributed by atoms with Crippen LogP contribution in [0.2, 0.25) is 0 Å². The van der Waals surface area contributed by atoms with Gasteiger partial charge in [0, 0.05) is 16.6 Å². The van der Waals surface area contributed by atoms with E-state index in [2.05, 4.69) is 28.5 Å². The molecule has 3 nitrogen and oxygen atoms in total. The van der Waals surface area contributed by atoms with Crippen molar-refractivity contribution >= 4 is 23.5 Å². The predicted molar refractivity (Wildman–Crippen MR) is 75.6 cm³/mol. The van der Waals surface area contributed by atoms with Crippen LogP contribution in [-0.2, 0) is 6.42 Å². The van der Waals surface area contributed by atoms with Gasteiger partial charge in [-0.1, -0.05) is 18.5 Å². The second-order valence-electron chi connectivity index (χ2n) is 4.36. The fraction of sp³-hybridized carbons (Fsp3) is 0.429. The summed E-state index contributed by atoms with van der Waals surface area (Å²) in [5.74, 6) is 0.880. The lowest BCUT2D eigenvalue weighted by Gasteiger charge is -1.95. The summed E-state index contributed by atoms with van der Waals surface area (Å²) in [5.41, 5.74) is 3.23. The maximum absolute atomic E-state index is 5.27. The number of hydrogen-bond donors (Lipinski definition) is 0. The molecular weight excluding hydrogens is 244 g/mol. The van der Waals surface area contributed by atoms with Gasteiger partial charge in [0.2, 0.25) is 0 Å². The quantitative estimate of drug-likeness (QED) is 0.808. The van der Waals surface area contributed by atoms with E-state index in [0.717, 1.165) is 40.6 Å². The van der Waals surface area contributed by atoms with Gasteiger partial charge in [0.05, 0.1) is 5.69 Å². The summed E-state index contributed by atoms with van der Waals surface area (Å²) in [4.78, 5) is 4.41. The SMILES string of the molecule is CCCCc1noc(C)c1C=Cc1nc(C)cs1. The van der Waals surface area contributed by atoms with E-state index >= 15 is 0 Å². The number of rotatable bonds is 5. The molecule has 0 aliphatic carbocycles. The fourth-order valence-corrected chi connectivity index (χ4v) is 2.45. The largest absolute Gasteiger partial charge is 0.361 e. The summed E-state index contributed by atoms with van der Waals surface area (Å²) in [7, 11) is 0. The highest BCUT2D eigenvalue weighted by atomic mass is 32.1. The Hall–Kier alpha value is -1.42. The number of aryl methyl sites for hydroxylation is 3. The number of unbranched alkanes of at least 4 members (excludes halogenated alkanes) is 1. The Bertz CT molecular complexity index is 540. The van der Waals surface area contributed by atoms with Crippen molar-refractivity contribution in [1.29, 1.82) is 0 Å². The van der Waals surface area contributed by atoms with Crippen molar-refractivity contribution in [3.8, 4) is 0 Å². The average Bonchev–Trinajstić information content (AvgIpc) is 2.91. The Morgan fingerprint density at radius 2 is 2.17 bits per heavy atom. The summed E-state index contributed by atoms with van der Waals surface area (Å²) in [6.07, 6.45) is 7.38. The van der Waals surface area contributed by atoms with Gasteiger partial charge in [-0.15, -0.1) is 11.3 Å². The van der Waals surface area contributed by atoms with Gasteiger partial charge in [0.25, 0.3) is 0 Å². The second kappa shape index (κ2) is 5.96. The van der Waals surface area contributed by atoms with Gasteiger partial charge < -0.3 is 4.52 Å². The van der Waals surface area contributed by atoms with Crippen molar-refractivity contribution < 1.29 is 4.52 Å². The summed E-state index contributed by atoms with van der Waals surface area (Å²) >= 11 is 1.65. The summed E-state index contributed by atoms with van der Waals surface area (Å²) in [6.45, 7) is 6.14. The van der Waals surface area contributed by atoms with E-state index in [0.29, 0.717) is 0 Å². The van der Waals surface area contributed by atoms with E-state index in [1.165, 1.54) is 6.42 Å². The number of thiazole rings is 1. The highest BCUT2D eigenvalue weighted by molar-refractivity contribution is 7.10. The minimum atomic E-state index is 0.880. The van der Waals surface area contributed by atoms with E-state index in [-0.39, 0.29) is 0 Å². The second-order valence-corrected chi connectivity index (χ2v) is 5.25. The molecule has 0 saturated heterocycles. The molecule has 2 aromatic heterocycles. The molecule has 18 heavy (non-hydrogen) atoms. The zero-order valence-corrected chi connectivity index (χ0v) is 11.9. The van der Waals surface area contributed by atoms with Gasteiger partial charge in [-0.05, 0) is 38.8 Å². The monoisotopic (exact) mass is 262 g/mol. The first kappa shape index (κ1) is 13.0. The van der Waals surface area contributed by atoms with Crippen LogP contribution in [0.4, 0.5) is 0 Å². The molecule has 2 aromatic rings. The highest BCUT2D eigenvalue weighted by Gasteiger charge is 2.09. The number of nitrogens with zero attached hydrogens (tertiary/aromatic N) is 2. The third kappa shape index (κ3) is 3.07. The first-order valence-electron chi connectivity index (χ1n) is 6.26. The lowest BCUT2D eigenvalue weighted by atomic mass is 10.1. The van der Waals surface area contributed by atoms with Crippen molar-refractivity contribution in [2.45, 2.75) is 40.0 Å². The minimum Gasteiger partial charge on any atom is -0.361 e. The van der Waals surface area contributed by atoms with Crippen molar-refractivity contribution in [1.82, 2.24) is 10.1 Å². The molecule has 0 aliphatic heterocycles. The Morgan fingerprint density at radius 3 is 2.83 bits per heavy atom. The molecular formula is C14H18N2OS. The molecule has 4 heteroatoms. The summed E-state index contributed by atoms with van der Waals surface area (Å²) < 4.78 is 5.27. The number of aromatic nitrogens is 2. The van der Waals surface area contributed by atoms with E-state index < -0.39 is 0 Å². The smallest absolute Gasteiger partial charge is 0.141 e. The van der Waals surface area contributed by atoms with Crippen molar-refractivity contribution in [2.75, 3.05) is 0 Å². The summed E-state index contributed by atoms with van der Waals surface area (Å²) in [6, 6.07) is 0. The maximum atomic E-state index is 5.27. The van der Waals surface area contributed by atoms with Gasteiger partial charge in [-0.25, -0.2) is 4.98 Å². The van der Waals surface area contributed by atoms with Crippen molar-refractivity contribution in [3.05, 3.63) is 33.1 Å². The fourth-order valence-electron chi connectivity index (χ4n) is 1.77. The topological polar surface area (TPSA) is 38.9 Å². The molecule has 0 spiro atoms. The standard InChI is InChI=1S/C14H18N2OS/c1-4-5-6-13-12(11(3)17-16-13)7-8-14-15-10(2)9-18-14/h7-9H,4-6H2,1-3H3. The van der Waals surface area contributed by atoms with Crippen LogP contribution in [0.3, 0.4) is 0 Å². The van der Waals surface area contributed by atoms with Crippen LogP contribution in [0.15, 0.2) is 9.90 Å². The van der Waals surface area contributed by atoms with Crippen LogP contribution >= 0.6 is 11.3 Å². The molecule has 2 rings (SSSR count). The molecule has 0 amide bonds. The molecule has 0 bridgehead atoms. The normalized spacial score (nSPS) is 11.5. The van der Waals surface area contributed by atoms with Crippen LogP contribution in [-0.4, -0.2) is 10.1 Å². The van der Waals surface area contributed by atoms with Gasteiger partial charge in [0.15, 0.2) is 0 Å². The first-order valence-corrected chi connectivity index (χ1v) is 7.14. The third-order valence-corrected chi connectivity index (χ3v) is 3.71. The van der Waals surface area contributed by atoms with Crippen molar-refractivity contribution in [3.63, 3.8) is 0 Å². The molecule has 0 fully saturated rings. The zero-order valence-electron chi connectivity index (χ0n) is 11.1. The van der Waals surface area contributed by atoms with E-state index in [1.54, 1.807) is 11.3 Å².